The summed E-state index contributed by atoms with van der Waals surface area (Å²) >= 11 is 7.44. The zero-order valence-electron chi connectivity index (χ0n) is 14.1. The van der Waals surface area contributed by atoms with Crippen LogP contribution in [0.25, 0.3) is 0 Å². The van der Waals surface area contributed by atoms with Gasteiger partial charge in [0.25, 0.3) is 0 Å². The molecule has 1 amide bonds. The first-order chi connectivity index (χ1) is 11.0. The summed E-state index contributed by atoms with van der Waals surface area (Å²) in [5, 5.41) is 3.68. The van der Waals surface area contributed by atoms with Crippen LogP contribution in [0, 0.1) is 5.92 Å². The van der Waals surface area contributed by atoms with Gasteiger partial charge in [0.1, 0.15) is 0 Å². The molecule has 1 N–H and O–H groups in total. The molecule has 0 spiro atoms. The number of halogens is 1. The molecule has 1 aromatic rings. The van der Waals surface area contributed by atoms with E-state index in [0.29, 0.717) is 0 Å². The molecule has 1 aromatic carbocycles. The Labute approximate surface area is 149 Å². The standard InChI is InChI=1S/C18H27ClN2OS/c1-14-8-12-21(13-9-14)11-3-10-20-18(22)15(2)23-17-6-4-16(19)5-7-17/h4-7,14-15H,3,8-13H2,1-2H3,(H,20,22)/t15-/m1/s1. The molecular weight excluding hydrogens is 328 g/mol. The van der Waals surface area contributed by atoms with Gasteiger partial charge in [0.15, 0.2) is 0 Å². The molecule has 1 saturated heterocycles. The first kappa shape index (κ1) is 18.6. The number of nitrogens with zero attached hydrogens (tertiary/aromatic N) is 1. The van der Waals surface area contributed by atoms with Crippen molar-refractivity contribution in [3.05, 3.63) is 29.3 Å². The zero-order valence-corrected chi connectivity index (χ0v) is 15.6. The van der Waals surface area contributed by atoms with E-state index in [2.05, 4.69) is 17.1 Å². The quantitative estimate of drug-likeness (QED) is 0.592. The Kier molecular flexibility index (Phi) is 7.74. The van der Waals surface area contributed by atoms with Gasteiger partial charge in [-0.3, -0.25) is 4.79 Å². The molecule has 0 saturated carbocycles. The average molecular weight is 355 g/mol. The lowest BCUT2D eigenvalue weighted by Gasteiger charge is -2.30. The van der Waals surface area contributed by atoms with Gasteiger partial charge in [0.05, 0.1) is 5.25 Å². The molecule has 0 bridgehead atoms. The van der Waals surface area contributed by atoms with E-state index in [9.17, 15) is 4.79 Å². The van der Waals surface area contributed by atoms with Crippen molar-refractivity contribution < 1.29 is 4.79 Å². The van der Waals surface area contributed by atoms with Crippen LogP contribution < -0.4 is 5.32 Å². The van der Waals surface area contributed by atoms with Crippen LogP contribution in [0.1, 0.15) is 33.1 Å². The van der Waals surface area contributed by atoms with Crippen molar-refractivity contribution in [3.8, 4) is 0 Å². The number of carbonyl (C=O) groups is 1. The number of hydrogen-bond donors (Lipinski definition) is 1. The van der Waals surface area contributed by atoms with Gasteiger partial charge in [-0.1, -0.05) is 18.5 Å². The van der Waals surface area contributed by atoms with Crippen LogP contribution in [0.15, 0.2) is 29.2 Å². The first-order valence-corrected chi connectivity index (χ1v) is 9.72. The minimum atomic E-state index is -0.0907. The van der Waals surface area contributed by atoms with Crippen LogP contribution in [-0.4, -0.2) is 42.2 Å². The van der Waals surface area contributed by atoms with E-state index in [1.54, 1.807) is 11.8 Å². The van der Waals surface area contributed by atoms with E-state index >= 15 is 0 Å². The summed E-state index contributed by atoms with van der Waals surface area (Å²) in [4.78, 5) is 15.7. The van der Waals surface area contributed by atoms with Crippen LogP contribution in [0.4, 0.5) is 0 Å². The number of hydrogen-bond acceptors (Lipinski definition) is 3. The van der Waals surface area contributed by atoms with Crippen molar-refractivity contribution >= 4 is 29.3 Å². The van der Waals surface area contributed by atoms with Gasteiger partial charge in [-0.05, 0) is 76.0 Å². The molecule has 0 radical (unpaired) electrons. The van der Waals surface area contributed by atoms with Crippen molar-refractivity contribution in [2.24, 2.45) is 5.92 Å². The molecule has 3 nitrogen and oxygen atoms in total. The zero-order chi connectivity index (χ0) is 16.7. The Hall–Kier alpha value is -0.710. The minimum Gasteiger partial charge on any atom is -0.355 e. The van der Waals surface area contributed by atoms with Gasteiger partial charge >= 0.3 is 0 Å². The number of piperidine rings is 1. The Morgan fingerprint density at radius 2 is 2.00 bits per heavy atom. The number of nitrogens with one attached hydrogen (secondary N) is 1. The van der Waals surface area contributed by atoms with Gasteiger partial charge in [-0.2, -0.15) is 0 Å². The summed E-state index contributed by atoms with van der Waals surface area (Å²) in [6.07, 6.45) is 3.64. The van der Waals surface area contributed by atoms with Crippen LogP contribution >= 0.6 is 23.4 Å². The predicted molar refractivity (Wildman–Crippen MR) is 99.2 cm³/mol. The number of rotatable bonds is 7. The molecule has 2 rings (SSSR count). The first-order valence-electron chi connectivity index (χ1n) is 8.47. The van der Waals surface area contributed by atoms with Crippen LogP contribution in [0.5, 0.6) is 0 Å². The molecule has 0 aromatic heterocycles. The number of thioether (sulfide) groups is 1. The highest BCUT2D eigenvalue weighted by Crippen LogP contribution is 2.24. The molecule has 0 unspecified atom stereocenters. The highest BCUT2D eigenvalue weighted by atomic mass is 35.5. The van der Waals surface area contributed by atoms with Crippen molar-refractivity contribution in [2.45, 2.75) is 43.3 Å². The smallest absolute Gasteiger partial charge is 0.233 e. The Balaban J connectivity index is 1.61. The summed E-state index contributed by atoms with van der Waals surface area (Å²) in [7, 11) is 0. The van der Waals surface area contributed by atoms with E-state index in [1.807, 2.05) is 31.2 Å². The van der Waals surface area contributed by atoms with Crippen molar-refractivity contribution in [1.29, 1.82) is 0 Å². The second kappa shape index (κ2) is 9.55. The molecule has 1 heterocycles. The number of carbonyl (C=O) groups excluding carboxylic acids is 1. The molecule has 1 aliphatic heterocycles. The summed E-state index contributed by atoms with van der Waals surface area (Å²) < 4.78 is 0. The third kappa shape index (κ3) is 6.74. The molecule has 1 fully saturated rings. The largest absolute Gasteiger partial charge is 0.355 e. The minimum absolute atomic E-state index is 0.0907. The maximum atomic E-state index is 12.1. The molecule has 23 heavy (non-hydrogen) atoms. The van der Waals surface area contributed by atoms with Crippen LogP contribution in [-0.2, 0) is 4.79 Å². The summed E-state index contributed by atoms with van der Waals surface area (Å²) in [5.74, 6) is 0.980. The molecule has 5 heteroatoms. The van der Waals surface area contributed by atoms with E-state index in [4.69, 9.17) is 11.6 Å². The maximum Gasteiger partial charge on any atom is 0.233 e. The van der Waals surface area contributed by atoms with E-state index < -0.39 is 0 Å². The third-order valence-corrected chi connectivity index (χ3v) is 5.69. The number of amides is 1. The van der Waals surface area contributed by atoms with Crippen LogP contribution in [0.2, 0.25) is 5.02 Å². The summed E-state index contributed by atoms with van der Waals surface area (Å²) in [5.41, 5.74) is 0. The SMILES string of the molecule is CC1CCN(CCCNC(=O)[C@@H](C)Sc2ccc(Cl)cc2)CC1. The van der Waals surface area contributed by atoms with Crippen molar-refractivity contribution in [1.82, 2.24) is 10.2 Å². The highest BCUT2D eigenvalue weighted by molar-refractivity contribution is 8.00. The molecule has 128 valence electrons. The molecule has 0 aliphatic carbocycles. The van der Waals surface area contributed by atoms with Gasteiger partial charge in [0, 0.05) is 16.5 Å². The van der Waals surface area contributed by atoms with Crippen LogP contribution in [0.3, 0.4) is 0 Å². The predicted octanol–water partition coefficient (Wildman–Crippen LogP) is 4.06. The summed E-state index contributed by atoms with van der Waals surface area (Å²) in [6.45, 7) is 8.54. The second-order valence-electron chi connectivity index (χ2n) is 6.38. The van der Waals surface area contributed by atoms with E-state index in [0.717, 1.165) is 35.3 Å². The summed E-state index contributed by atoms with van der Waals surface area (Å²) in [6, 6.07) is 7.62. The molecular formula is C18H27ClN2OS. The monoisotopic (exact) mass is 354 g/mol. The second-order valence-corrected chi connectivity index (χ2v) is 8.23. The van der Waals surface area contributed by atoms with Gasteiger partial charge in [-0.15, -0.1) is 11.8 Å². The van der Waals surface area contributed by atoms with Crippen molar-refractivity contribution in [3.63, 3.8) is 0 Å². The van der Waals surface area contributed by atoms with Gasteiger partial charge in [0.2, 0.25) is 5.91 Å². The fraction of sp³-hybridized carbons (Fsp3) is 0.611. The lowest BCUT2D eigenvalue weighted by Crippen LogP contribution is -2.36. The van der Waals surface area contributed by atoms with Gasteiger partial charge in [-0.25, -0.2) is 0 Å². The van der Waals surface area contributed by atoms with Gasteiger partial charge < -0.3 is 10.2 Å². The number of likely N-dealkylation sites (tertiary alicyclic amines) is 1. The van der Waals surface area contributed by atoms with Crippen molar-refractivity contribution in [2.75, 3.05) is 26.2 Å². The average Bonchev–Trinajstić information content (AvgIpc) is 2.55. The Morgan fingerprint density at radius 1 is 1.35 bits per heavy atom. The maximum absolute atomic E-state index is 12.1. The molecule has 1 aliphatic rings. The third-order valence-electron chi connectivity index (χ3n) is 4.32. The fourth-order valence-electron chi connectivity index (χ4n) is 2.71. The number of benzene rings is 1. The highest BCUT2D eigenvalue weighted by Gasteiger charge is 2.16. The lowest BCUT2D eigenvalue weighted by molar-refractivity contribution is -0.120. The normalized spacial score (nSPS) is 17.9. The molecule has 1 atom stereocenters. The Bertz CT molecular complexity index is 486. The van der Waals surface area contributed by atoms with E-state index in [1.165, 1.54) is 25.9 Å². The topological polar surface area (TPSA) is 32.3 Å². The lowest BCUT2D eigenvalue weighted by atomic mass is 9.99. The Morgan fingerprint density at radius 3 is 2.65 bits per heavy atom. The fourth-order valence-corrected chi connectivity index (χ4v) is 3.73. The van der Waals surface area contributed by atoms with E-state index in [-0.39, 0.29) is 11.2 Å².